The largest absolute Gasteiger partial charge is 0.493 e. The molecular formula is C21H26Cl2FNO2. The number of ether oxygens (including phenoxy) is 2. The van der Waals surface area contributed by atoms with Gasteiger partial charge in [-0.25, -0.2) is 4.39 Å². The van der Waals surface area contributed by atoms with Gasteiger partial charge in [-0.15, -0.1) is 12.4 Å². The minimum atomic E-state index is -0.355. The van der Waals surface area contributed by atoms with Gasteiger partial charge in [-0.1, -0.05) is 43.0 Å². The number of benzene rings is 2. The standard InChI is InChI=1S/C21H25ClFNO2.ClH/c1-25-21-11-15(13-24-18-5-3-2-4-6-18)7-10-20(21)26-14-16-8-9-17(23)12-19(16)22;/h7-12,18,24H,2-6,13-14H2,1H3;1H. The van der Waals surface area contributed by atoms with Gasteiger partial charge in [0.15, 0.2) is 11.5 Å². The van der Waals surface area contributed by atoms with Crippen molar-refractivity contribution < 1.29 is 13.9 Å². The van der Waals surface area contributed by atoms with Crippen LogP contribution in [0.3, 0.4) is 0 Å². The van der Waals surface area contributed by atoms with E-state index in [1.54, 1.807) is 13.2 Å². The maximum Gasteiger partial charge on any atom is 0.161 e. The van der Waals surface area contributed by atoms with Crippen molar-refractivity contribution in [2.24, 2.45) is 0 Å². The quantitative estimate of drug-likeness (QED) is 0.611. The smallest absolute Gasteiger partial charge is 0.161 e. The summed E-state index contributed by atoms with van der Waals surface area (Å²) in [6.07, 6.45) is 6.52. The van der Waals surface area contributed by atoms with Crippen molar-refractivity contribution >= 4 is 24.0 Å². The molecule has 0 aliphatic heterocycles. The Labute approximate surface area is 171 Å². The number of rotatable bonds is 7. The Balaban J connectivity index is 0.00000261. The summed E-state index contributed by atoms with van der Waals surface area (Å²) in [6.45, 7) is 1.08. The summed E-state index contributed by atoms with van der Waals surface area (Å²) in [7, 11) is 1.63. The minimum absolute atomic E-state index is 0. The topological polar surface area (TPSA) is 30.5 Å². The third-order valence-electron chi connectivity index (χ3n) is 4.83. The molecule has 2 aromatic rings. The molecule has 27 heavy (non-hydrogen) atoms. The number of methoxy groups -OCH3 is 1. The SMILES string of the molecule is COc1cc(CNC2CCCCC2)ccc1OCc1ccc(F)cc1Cl.Cl. The summed E-state index contributed by atoms with van der Waals surface area (Å²) in [5.74, 6) is 0.978. The number of hydrogen-bond donors (Lipinski definition) is 1. The summed E-state index contributed by atoms with van der Waals surface area (Å²) in [6, 6.07) is 10.9. The normalized spacial score (nSPS) is 14.5. The first kappa shape index (κ1) is 21.8. The van der Waals surface area contributed by atoms with Gasteiger partial charge in [0.25, 0.3) is 0 Å². The second-order valence-electron chi connectivity index (χ2n) is 6.73. The Kier molecular flexibility index (Phi) is 8.68. The van der Waals surface area contributed by atoms with Gasteiger partial charge in [-0.2, -0.15) is 0 Å². The van der Waals surface area contributed by atoms with Crippen LogP contribution in [0.4, 0.5) is 4.39 Å². The van der Waals surface area contributed by atoms with Crippen LogP contribution in [0.2, 0.25) is 5.02 Å². The van der Waals surface area contributed by atoms with Gasteiger partial charge < -0.3 is 14.8 Å². The summed E-state index contributed by atoms with van der Waals surface area (Å²) in [5.41, 5.74) is 1.90. The van der Waals surface area contributed by atoms with Gasteiger partial charge >= 0.3 is 0 Å². The summed E-state index contributed by atoms with van der Waals surface area (Å²) in [5, 5.41) is 3.99. The highest BCUT2D eigenvalue weighted by Crippen LogP contribution is 2.30. The van der Waals surface area contributed by atoms with E-state index in [-0.39, 0.29) is 24.8 Å². The van der Waals surface area contributed by atoms with E-state index in [4.69, 9.17) is 21.1 Å². The molecule has 1 aliphatic rings. The highest BCUT2D eigenvalue weighted by molar-refractivity contribution is 6.31. The van der Waals surface area contributed by atoms with Crippen LogP contribution < -0.4 is 14.8 Å². The average Bonchev–Trinajstić information content (AvgIpc) is 2.67. The van der Waals surface area contributed by atoms with E-state index in [1.165, 1.54) is 49.8 Å². The summed E-state index contributed by atoms with van der Waals surface area (Å²) >= 11 is 6.05. The van der Waals surface area contributed by atoms with Crippen molar-refractivity contribution in [3.8, 4) is 11.5 Å². The van der Waals surface area contributed by atoms with Crippen molar-refractivity contribution in [2.75, 3.05) is 7.11 Å². The second-order valence-corrected chi connectivity index (χ2v) is 7.13. The van der Waals surface area contributed by atoms with Gasteiger partial charge in [0.2, 0.25) is 0 Å². The highest BCUT2D eigenvalue weighted by Gasteiger charge is 2.13. The predicted octanol–water partition coefficient (Wildman–Crippen LogP) is 5.91. The molecule has 3 nitrogen and oxygen atoms in total. The van der Waals surface area contributed by atoms with Crippen molar-refractivity contribution in [3.05, 3.63) is 58.4 Å². The molecule has 1 N–H and O–H groups in total. The maximum absolute atomic E-state index is 13.1. The Morgan fingerprint density at radius 3 is 2.56 bits per heavy atom. The Hall–Kier alpha value is -1.49. The molecule has 6 heteroatoms. The Morgan fingerprint density at radius 2 is 1.85 bits per heavy atom. The van der Waals surface area contributed by atoms with E-state index in [0.29, 0.717) is 22.6 Å². The molecule has 148 valence electrons. The van der Waals surface area contributed by atoms with Crippen LogP contribution >= 0.6 is 24.0 Å². The molecule has 0 spiro atoms. The van der Waals surface area contributed by atoms with Gasteiger partial charge in [0.05, 0.1) is 12.1 Å². The molecule has 0 heterocycles. The molecule has 0 aromatic heterocycles. The van der Waals surface area contributed by atoms with Crippen LogP contribution in [0.5, 0.6) is 11.5 Å². The van der Waals surface area contributed by atoms with Crippen LogP contribution in [0.15, 0.2) is 36.4 Å². The molecule has 0 saturated heterocycles. The maximum atomic E-state index is 13.1. The van der Waals surface area contributed by atoms with Crippen LogP contribution in [0.25, 0.3) is 0 Å². The number of hydrogen-bond acceptors (Lipinski definition) is 3. The zero-order valence-electron chi connectivity index (χ0n) is 15.5. The highest BCUT2D eigenvalue weighted by atomic mass is 35.5. The van der Waals surface area contributed by atoms with E-state index in [0.717, 1.165) is 12.1 Å². The van der Waals surface area contributed by atoms with Crippen molar-refractivity contribution in [3.63, 3.8) is 0 Å². The van der Waals surface area contributed by atoms with Crippen LogP contribution in [-0.4, -0.2) is 13.2 Å². The molecule has 0 unspecified atom stereocenters. The third kappa shape index (κ3) is 6.27. The fourth-order valence-electron chi connectivity index (χ4n) is 3.30. The number of halogens is 3. The first-order chi connectivity index (χ1) is 12.7. The van der Waals surface area contributed by atoms with Crippen LogP contribution in [0, 0.1) is 5.82 Å². The summed E-state index contributed by atoms with van der Waals surface area (Å²) < 4.78 is 24.4. The molecule has 0 bridgehead atoms. The van der Waals surface area contributed by atoms with E-state index in [1.807, 2.05) is 18.2 Å². The van der Waals surface area contributed by atoms with Gasteiger partial charge in [-0.3, -0.25) is 0 Å². The summed E-state index contributed by atoms with van der Waals surface area (Å²) in [4.78, 5) is 0. The van der Waals surface area contributed by atoms with E-state index < -0.39 is 0 Å². The lowest BCUT2D eigenvalue weighted by molar-refractivity contribution is 0.284. The van der Waals surface area contributed by atoms with Gasteiger partial charge in [-0.05, 0) is 42.7 Å². The average molecular weight is 414 g/mol. The van der Waals surface area contributed by atoms with E-state index in [9.17, 15) is 4.39 Å². The molecule has 3 rings (SSSR count). The lowest BCUT2D eigenvalue weighted by Crippen LogP contribution is -2.30. The minimum Gasteiger partial charge on any atom is -0.493 e. The van der Waals surface area contributed by atoms with Crippen molar-refractivity contribution in [1.82, 2.24) is 5.32 Å². The lowest BCUT2D eigenvalue weighted by Gasteiger charge is -2.23. The molecule has 0 amide bonds. The monoisotopic (exact) mass is 413 g/mol. The van der Waals surface area contributed by atoms with E-state index >= 15 is 0 Å². The first-order valence-corrected chi connectivity index (χ1v) is 9.50. The first-order valence-electron chi connectivity index (χ1n) is 9.13. The van der Waals surface area contributed by atoms with Crippen LogP contribution in [-0.2, 0) is 13.2 Å². The van der Waals surface area contributed by atoms with Crippen molar-refractivity contribution in [2.45, 2.75) is 51.3 Å². The molecule has 1 fully saturated rings. The van der Waals surface area contributed by atoms with Gasteiger partial charge in [0, 0.05) is 18.2 Å². The van der Waals surface area contributed by atoms with E-state index in [2.05, 4.69) is 5.32 Å². The molecule has 1 aliphatic carbocycles. The molecule has 0 radical (unpaired) electrons. The molecular weight excluding hydrogens is 388 g/mol. The zero-order chi connectivity index (χ0) is 18.4. The molecule has 2 aromatic carbocycles. The van der Waals surface area contributed by atoms with Crippen LogP contribution in [0.1, 0.15) is 43.2 Å². The fraction of sp³-hybridized carbons (Fsp3) is 0.429. The van der Waals surface area contributed by atoms with Gasteiger partial charge in [0.1, 0.15) is 12.4 Å². The third-order valence-corrected chi connectivity index (χ3v) is 5.18. The lowest BCUT2D eigenvalue weighted by atomic mass is 9.95. The Bertz CT molecular complexity index is 736. The Morgan fingerprint density at radius 1 is 1.07 bits per heavy atom. The zero-order valence-corrected chi connectivity index (χ0v) is 17.0. The fourth-order valence-corrected chi connectivity index (χ4v) is 3.53. The predicted molar refractivity (Wildman–Crippen MR) is 110 cm³/mol. The number of nitrogens with one attached hydrogen (secondary N) is 1. The van der Waals surface area contributed by atoms with Crippen molar-refractivity contribution in [1.29, 1.82) is 0 Å². The molecule has 0 atom stereocenters. The second kappa shape index (κ2) is 10.7. The molecule has 1 saturated carbocycles.